The van der Waals surface area contributed by atoms with Gasteiger partial charge >= 0.3 is 0 Å². The normalized spacial score (nSPS) is 12.7. The maximum Gasteiger partial charge on any atom is 0.249 e. The van der Waals surface area contributed by atoms with Gasteiger partial charge in [-0.3, -0.25) is 0 Å². The van der Waals surface area contributed by atoms with Gasteiger partial charge in [-0.15, -0.1) is 0 Å². The molecule has 7 heteroatoms. The molecule has 0 aliphatic heterocycles. The van der Waals surface area contributed by atoms with Crippen molar-refractivity contribution in [3.05, 3.63) is 29.6 Å². The zero-order valence-electron chi connectivity index (χ0n) is 16.3. The summed E-state index contributed by atoms with van der Waals surface area (Å²) in [7, 11) is -1.50. The van der Waals surface area contributed by atoms with Crippen molar-refractivity contribution in [1.29, 1.82) is 0 Å². The minimum absolute atomic E-state index is 0.109. The van der Waals surface area contributed by atoms with Crippen LogP contribution in [0.5, 0.6) is 5.75 Å². The van der Waals surface area contributed by atoms with Crippen molar-refractivity contribution in [1.82, 2.24) is 9.34 Å². The van der Waals surface area contributed by atoms with Gasteiger partial charge in [0.2, 0.25) is 8.45 Å². The van der Waals surface area contributed by atoms with Crippen molar-refractivity contribution < 1.29 is 17.7 Å². The lowest BCUT2D eigenvalue weighted by Gasteiger charge is -2.45. The summed E-state index contributed by atoms with van der Waals surface area (Å²) < 4.78 is 51.7. The first kappa shape index (κ1) is 22.2. The van der Waals surface area contributed by atoms with E-state index in [1.54, 1.807) is 0 Å². The standard InChI is InChI=1S/C18H30F3N2OP/c1-11(2)22(12(3)4)25(23(13(5)6)14(7)8)24-18-16(20)9-15(19)10-17(18)21/h9-14H,1-8H3. The van der Waals surface area contributed by atoms with Crippen LogP contribution in [0.4, 0.5) is 13.2 Å². The summed E-state index contributed by atoms with van der Waals surface area (Å²) in [6, 6.07) is 1.73. The van der Waals surface area contributed by atoms with Crippen LogP contribution in [0.3, 0.4) is 0 Å². The fraction of sp³-hybridized carbons (Fsp3) is 0.667. The molecule has 1 aromatic carbocycles. The van der Waals surface area contributed by atoms with Crippen LogP contribution >= 0.6 is 8.45 Å². The van der Waals surface area contributed by atoms with Crippen molar-refractivity contribution >= 4 is 8.45 Å². The van der Waals surface area contributed by atoms with Gasteiger partial charge < -0.3 is 4.52 Å². The molecule has 25 heavy (non-hydrogen) atoms. The number of halogens is 3. The van der Waals surface area contributed by atoms with E-state index in [9.17, 15) is 13.2 Å². The highest BCUT2D eigenvalue weighted by atomic mass is 31.2. The third-order valence-corrected chi connectivity index (χ3v) is 6.63. The summed E-state index contributed by atoms with van der Waals surface area (Å²) in [6.45, 7) is 16.2. The zero-order valence-corrected chi connectivity index (χ0v) is 17.2. The Labute approximate surface area is 151 Å². The Balaban J connectivity index is 3.41. The maximum absolute atomic E-state index is 14.2. The third kappa shape index (κ3) is 5.57. The Kier molecular flexibility index (Phi) is 8.17. The van der Waals surface area contributed by atoms with Crippen LogP contribution in [-0.2, 0) is 0 Å². The van der Waals surface area contributed by atoms with Gasteiger partial charge in [-0.05, 0) is 55.4 Å². The lowest BCUT2D eigenvalue weighted by atomic mass is 10.3. The van der Waals surface area contributed by atoms with E-state index in [-0.39, 0.29) is 24.2 Å². The topological polar surface area (TPSA) is 15.7 Å². The Bertz CT molecular complexity index is 508. The second-order valence-corrected chi connectivity index (χ2v) is 8.79. The minimum atomic E-state index is -1.50. The molecule has 0 radical (unpaired) electrons. The van der Waals surface area contributed by atoms with Crippen molar-refractivity contribution in [3.8, 4) is 5.75 Å². The summed E-state index contributed by atoms with van der Waals surface area (Å²) in [5, 5.41) is 0. The Hall–Kier alpha value is -0.840. The summed E-state index contributed by atoms with van der Waals surface area (Å²) >= 11 is 0. The molecule has 0 atom stereocenters. The Morgan fingerprint density at radius 3 is 1.32 bits per heavy atom. The molecule has 0 bridgehead atoms. The molecule has 3 nitrogen and oxygen atoms in total. The van der Waals surface area contributed by atoms with E-state index < -0.39 is 31.7 Å². The molecule has 0 aliphatic rings. The van der Waals surface area contributed by atoms with Crippen LogP contribution in [0, 0.1) is 17.5 Å². The molecular formula is C18H30F3N2OP. The second kappa shape index (κ2) is 9.20. The number of rotatable bonds is 8. The first-order valence-corrected chi connectivity index (χ1v) is 9.83. The molecule has 144 valence electrons. The molecule has 0 amide bonds. The van der Waals surface area contributed by atoms with Crippen LogP contribution in [0.1, 0.15) is 55.4 Å². The van der Waals surface area contributed by atoms with Gasteiger partial charge in [0.05, 0.1) is 0 Å². The Morgan fingerprint density at radius 1 is 0.720 bits per heavy atom. The minimum Gasteiger partial charge on any atom is -0.438 e. The Morgan fingerprint density at radius 2 is 1.04 bits per heavy atom. The maximum atomic E-state index is 14.2. The molecule has 1 aromatic rings. The molecule has 0 aliphatic carbocycles. The molecular weight excluding hydrogens is 348 g/mol. The van der Waals surface area contributed by atoms with Crippen LogP contribution in [0.25, 0.3) is 0 Å². The quantitative estimate of drug-likeness (QED) is 0.520. The van der Waals surface area contributed by atoms with E-state index in [2.05, 4.69) is 9.34 Å². The fourth-order valence-corrected chi connectivity index (χ4v) is 5.24. The molecule has 0 aromatic heterocycles. The zero-order chi connectivity index (χ0) is 19.5. The van der Waals surface area contributed by atoms with Crippen LogP contribution in [0.2, 0.25) is 0 Å². The molecule has 0 heterocycles. The highest BCUT2D eigenvalue weighted by Crippen LogP contribution is 2.51. The largest absolute Gasteiger partial charge is 0.438 e. The molecule has 0 saturated carbocycles. The van der Waals surface area contributed by atoms with Crippen molar-refractivity contribution in [3.63, 3.8) is 0 Å². The van der Waals surface area contributed by atoms with E-state index in [0.717, 1.165) is 0 Å². The van der Waals surface area contributed by atoms with Crippen molar-refractivity contribution in [2.75, 3.05) is 0 Å². The monoisotopic (exact) mass is 378 g/mol. The fourth-order valence-electron chi connectivity index (χ4n) is 2.89. The molecule has 0 unspecified atom stereocenters. The molecule has 0 fully saturated rings. The average molecular weight is 378 g/mol. The van der Waals surface area contributed by atoms with Gasteiger partial charge in [0.25, 0.3) is 0 Å². The van der Waals surface area contributed by atoms with Crippen molar-refractivity contribution in [2.45, 2.75) is 79.6 Å². The first-order valence-electron chi connectivity index (χ1n) is 8.66. The summed E-state index contributed by atoms with van der Waals surface area (Å²) in [5.41, 5.74) is 0. The molecule has 1 rings (SSSR count). The smallest absolute Gasteiger partial charge is 0.249 e. The molecule has 0 N–H and O–H groups in total. The number of hydrogen-bond donors (Lipinski definition) is 0. The van der Waals surface area contributed by atoms with Gasteiger partial charge in [0.15, 0.2) is 17.4 Å². The summed E-state index contributed by atoms with van der Waals surface area (Å²) in [6.07, 6.45) is 0. The third-order valence-electron chi connectivity index (χ3n) is 3.65. The highest BCUT2D eigenvalue weighted by Gasteiger charge is 2.37. The second-order valence-electron chi connectivity index (χ2n) is 7.18. The van der Waals surface area contributed by atoms with E-state index in [0.29, 0.717) is 12.1 Å². The lowest BCUT2D eigenvalue weighted by Crippen LogP contribution is -2.44. The number of benzene rings is 1. The van der Waals surface area contributed by atoms with Crippen LogP contribution in [0.15, 0.2) is 12.1 Å². The van der Waals surface area contributed by atoms with Gasteiger partial charge in [0.1, 0.15) is 5.82 Å². The predicted octanol–water partition coefficient (Wildman–Crippen LogP) is 5.95. The van der Waals surface area contributed by atoms with E-state index in [1.165, 1.54) is 0 Å². The highest BCUT2D eigenvalue weighted by molar-refractivity contribution is 7.47. The van der Waals surface area contributed by atoms with Gasteiger partial charge in [0, 0.05) is 36.3 Å². The SMILES string of the molecule is CC(C)N(C(C)C)P(Oc1c(F)cc(F)cc1F)N(C(C)C)C(C)C. The lowest BCUT2D eigenvalue weighted by molar-refractivity contribution is 0.222. The van der Waals surface area contributed by atoms with E-state index >= 15 is 0 Å². The van der Waals surface area contributed by atoms with Crippen LogP contribution < -0.4 is 4.52 Å². The van der Waals surface area contributed by atoms with Gasteiger partial charge in [-0.1, -0.05) is 0 Å². The molecule has 0 spiro atoms. The van der Waals surface area contributed by atoms with Gasteiger partial charge in [-0.25, -0.2) is 22.5 Å². The van der Waals surface area contributed by atoms with Crippen LogP contribution in [-0.4, -0.2) is 33.5 Å². The summed E-state index contributed by atoms with van der Waals surface area (Å²) in [5.74, 6) is -3.53. The molecule has 0 saturated heterocycles. The van der Waals surface area contributed by atoms with Gasteiger partial charge in [-0.2, -0.15) is 0 Å². The first-order chi connectivity index (χ1) is 11.5. The van der Waals surface area contributed by atoms with Crippen molar-refractivity contribution in [2.24, 2.45) is 0 Å². The van der Waals surface area contributed by atoms with E-state index in [4.69, 9.17) is 4.52 Å². The predicted molar refractivity (Wildman–Crippen MR) is 98.1 cm³/mol. The summed E-state index contributed by atoms with van der Waals surface area (Å²) in [4.78, 5) is 0. The average Bonchev–Trinajstić information content (AvgIpc) is 2.40. The number of nitrogens with zero attached hydrogens (tertiary/aromatic N) is 2. The number of hydrogen-bond acceptors (Lipinski definition) is 3. The van der Waals surface area contributed by atoms with E-state index in [1.807, 2.05) is 55.4 Å².